The van der Waals surface area contributed by atoms with Gasteiger partial charge in [0.25, 0.3) is 0 Å². The Balaban J connectivity index is 2.25. The van der Waals surface area contributed by atoms with Gasteiger partial charge in [-0.25, -0.2) is 4.98 Å². The topological polar surface area (TPSA) is 51.4 Å². The predicted molar refractivity (Wildman–Crippen MR) is 85.1 cm³/mol. The van der Waals surface area contributed by atoms with Crippen LogP contribution in [0.2, 0.25) is 0 Å². The molecule has 0 saturated carbocycles. The first-order valence-electron chi connectivity index (χ1n) is 6.76. The zero-order valence-corrected chi connectivity index (χ0v) is 13.0. The molecule has 2 N–H and O–H groups in total. The average Bonchev–Trinajstić information content (AvgIpc) is 2.90. The van der Waals surface area contributed by atoms with E-state index in [1.54, 1.807) is 18.4 Å². The van der Waals surface area contributed by atoms with Crippen LogP contribution in [-0.2, 0) is 13.0 Å². The highest BCUT2D eigenvalue weighted by Crippen LogP contribution is 2.31. The quantitative estimate of drug-likeness (QED) is 0.887. The molecular weight excluding hydrogens is 270 g/mol. The molecule has 0 bridgehead atoms. The summed E-state index contributed by atoms with van der Waals surface area (Å²) in [5, 5.41) is 0.985. The first-order chi connectivity index (χ1) is 9.69. The van der Waals surface area contributed by atoms with Crippen molar-refractivity contribution in [2.75, 3.05) is 19.1 Å². The zero-order valence-electron chi connectivity index (χ0n) is 12.2. The van der Waals surface area contributed by atoms with E-state index in [0.717, 1.165) is 35.1 Å². The standard InChI is InChI=1S/C15H21N3OS/c1-4-5-13-14(10-16)20-15(17-13)18(2)11-6-8-12(19-3)9-7-11/h6-9H,4-5,10,16H2,1-3H3. The summed E-state index contributed by atoms with van der Waals surface area (Å²) in [7, 11) is 3.70. The number of rotatable bonds is 6. The van der Waals surface area contributed by atoms with Crippen molar-refractivity contribution in [3.63, 3.8) is 0 Å². The van der Waals surface area contributed by atoms with E-state index in [4.69, 9.17) is 15.5 Å². The van der Waals surface area contributed by atoms with E-state index in [-0.39, 0.29) is 0 Å². The lowest BCUT2D eigenvalue weighted by Crippen LogP contribution is -2.09. The molecule has 1 aromatic carbocycles. The number of hydrogen-bond acceptors (Lipinski definition) is 5. The van der Waals surface area contributed by atoms with Gasteiger partial charge in [0.2, 0.25) is 0 Å². The van der Waals surface area contributed by atoms with Gasteiger partial charge in [-0.1, -0.05) is 24.7 Å². The molecule has 0 amide bonds. The molecule has 0 spiro atoms. The molecule has 5 heteroatoms. The molecule has 0 fully saturated rings. The van der Waals surface area contributed by atoms with Crippen LogP contribution < -0.4 is 15.4 Å². The number of anilines is 2. The molecule has 0 aliphatic rings. The highest BCUT2D eigenvalue weighted by Gasteiger charge is 2.13. The van der Waals surface area contributed by atoms with E-state index >= 15 is 0 Å². The molecular formula is C15H21N3OS. The van der Waals surface area contributed by atoms with E-state index in [9.17, 15) is 0 Å². The molecule has 2 aromatic rings. The first kappa shape index (κ1) is 14.8. The van der Waals surface area contributed by atoms with Crippen molar-refractivity contribution in [3.05, 3.63) is 34.8 Å². The maximum atomic E-state index is 5.81. The minimum atomic E-state index is 0.559. The molecule has 1 heterocycles. The Morgan fingerprint density at radius 3 is 2.55 bits per heavy atom. The fourth-order valence-corrected chi connectivity index (χ4v) is 2.99. The van der Waals surface area contributed by atoms with Crippen LogP contribution in [0.5, 0.6) is 5.75 Å². The fraction of sp³-hybridized carbons (Fsp3) is 0.400. The van der Waals surface area contributed by atoms with Crippen molar-refractivity contribution in [2.45, 2.75) is 26.3 Å². The Hall–Kier alpha value is -1.59. The van der Waals surface area contributed by atoms with E-state index in [0.29, 0.717) is 6.54 Å². The van der Waals surface area contributed by atoms with Crippen molar-refractivity contribution in [2.24, 2.45) is 5.73 Å². The number of aromatic nitrogens is 1. The number of nitrogens with zero attached hydrogens (tertiary/aromatic N) is 2. The van der Waals surface area contributed by atoms with Gasteiger partial charge in [0.15, 0.2) is 5.13 Å². The molecule has 0 saturated heterocycles. The number of ether oxygens (including phenoxy) is 1. The summed E-state index contributed by atoms with van der Waals surface area (Å²) in [5.74, 6) is 0.857. The number of nitrogens with two attached hydrogens (primary N) is 1. The number of thiazole rings is 1. The lowest BCUT2D eigenvalue weighted by Gasteiger charge is -2.16. The Morgan fingerprint density at radius 2 is 2.00 bits per heavy atom. The molecule has 0 aliphatic carbocycles. The van der Waals surface area contributed by atoms with Crippen molar-refractivity contribution in [1.82, 2.24) is 4.98 Å². The van der Waals surface area contributed by atoms with Crippen LogP contribution in [-0.4, -0.2) is 19.1 Å². The predicted octanol–water partition coefficient (Wildman–Crippen LogP) is 3.33. The van der Waals surface area contributed by atoms with E-state index in [1.807, 2.05) is 31.3 Å². The molecule has 1 aromatic heterocycles. The lowest BCUT2D eigenvalue weighted by atomic mass is 10.2. The third-order valence-electron chi connectivity index (χ3n) is 3.19. The number of benzene rings is 1. The smallest absolute Gasteiger partial charge is 0.190 e. The zero-order chi connectivity index (χ0) is 14.5. The molecule has 0 radical (unpaired) electrons. The van der Waals surface area contributed by atoms with Gasteiger partial charge < -0.3 is 15.4 Å². The summed E-state index contributed by atoms with van der Waals surface area (Å²) in [6.07, 6.45) is 2.07. The van der Waals surface area contributed by atoms with Gasteiger partial charge in [-0.2, -0.15) is 0 Å². The monoisotopic (exact) mass is 291 g/mol. The largest absolute Gasteiger partial charge is 0.497 e. The van der Waals surface area contributed by atoms with Crippen LogP contribution in [0.1, 0.15) is 23.9 Å². The Kier molecular flexibility index (Phi) is 4.98. The van der Waals surface area contributed by atoms with Gasteiger partial charge in [0.1, 0.15) is 5.75 Å². The second kappa shape index (κ2) is 6.72. The van der Waals surface area contributed by atoms with Crippen molar-refractivity contribution >= 4 is 22.2 Å². The summed E-state index contributed by atoms with van der Waals surface area (Å²) in [5.41, 5.74) is 8.03. The van der Waals surface area contributed by atoms with Crippen LogP contribution >= 0.6 is 11.3 Å². The third-order valence-corrected chi connectivity index (χ3v) is 4.38. The average molecular weight is 291 g/mol. The van der Waals surface area contributed by atoms with Crippen LogP contribution in [0.3, 0.4) is 0 Å². The normalized spacial score (nSPS) is 10.6. The van der Waals surface area contributed by atoms with Crippen LogP contribution in [0.4, 0.5) is 10.8 Å². The van der Waals surface area contributed by atoms with Crippen LogP contribution in [0.25, 0.3) is 0 Å². The molecule has 2 rings (SSSR count). The van der Waals surface area contributed by atoms with Gasteiger partial charge >= 0.3 is 0 Å². The SMILES string of the molecule is CCCc1nc(N(C)c2ccc(OC)cc2)sc1CN. The lowest BCUT2D eigenvalue weighted by molar-refractivity contribution is 0.415. The second-order valence-electron chi connectivity index (χ2n) is 4.58. The molecule has 0 unspecified atom stereocenters. The number of aryl methyl sites for hydroxylation is 1. The molecule has 4 nitrogen and oxygen atoms in total. The van der Waals surface area contributed by atoms with E-state index in [2.05, 4.69) is 11.8 Å². The van der Waals surface area contributed by atoms with Gasteiger partial charge in [-0.05, 0) is 30.7 Å². The maximum absolute atomic E-state index is 5.81. The van der Waals surface area contributed by atoms with Crippen molar-refractivity contribution in [3.8, 4) is 5.75 Å². The van der Waals surface area contributed by atoms with Gasteiger partial charge in [-0.3, -0.25) is 0 Å². The van der Waals surface area contributed by atoms with E-state index < -0.39 is 0 Å². The van der Waals surface area contributed by atoms with E-state index in [1.165, 1.54) is 4.88 Å². The first-order valence-corrected chi connectivity index (χ1v) is 7.57. The summed E-state index contributed by atoms with van der Waals surface area (Å²) in [6, 6.07) is 7.97. The van der Waals surface area contributed by atoms with Gasteiger partial charge in [-0.15, -0.1) is 0 Å². The Labute approximate surface area is 124 Å². The minimum absolute atomic E-state index is 0.559. The summed E-state index contributed by atoms with van der Waals surface area (Å²) in [4.78, 5) is 7.99. The number of methoxy groups -OCH3 is 1. The Bertz CT molecular complexity index is 551. The minimum Gasteiger partial charge on any atom is -0.497 e. The van der Waals surface area contributed by atoms with Crippen molar-refractivity contribution in [1.29, 1.82) is 0 Å². The highest BCUT2D eigenvalue weighted by atomic mass is 32.1. The third kappa shape index (κ3) is 3.11. The molecule has 0 atom stereocenters. The molecule has 0 aliphatic heterocycles. The van der Waals surface area contributed by atoms with Crippen molar-refractivity contribution < 1.29 is 4.74 Å². The number of hydrogen-bond donors (Lipinski definition) is 1. The van der Waals surface area contributed by atoms with Gasteiger partial charge in [0, 0.05) is 24.2 Å². The summed E-state index contributed by atoms with van der Waals surface area (Å²) >= 11 is 1.67. The maximum Gasteiger partial charge on any atom is 0.190 e. The Morgan fingerprint density at radius 1 is 1.30 bits per heavy atom. The molecule has 108 valence electrons. The second-order valence-corrected chi connectivity index (χ2v) is 5.64. The van der Waals surface area contributed by atoms with Crippen LogP contribution in [0, 0.1) is 0 Å². The summed E-state index contributed by atoms with van der Waals surface area (Å²) < 4.78 is 5.18. The van der Waals surface area contributed by atoms with Gasteiger partial charge in [0.05, 0.1) is 12.8 Å². The highest BCUT2D eigenvalue weighted by molar-refractivity contribution is 7.15. The molecule has 20 heavy (non-hydrogen) atoms. The summed E-state index contributed by atoms with van der Waals surface area (Å²) in [6.45, 7) is 2.72. The van der Waals surface area contributed by atoms with Crippen LogP contribution in [0.15, 0.2) is 24.3 Å². The fourth-order valence-electron chi connectivity index (χ4n) is 2.02.